The van der Waals surface area contributed by atoms with Crippen molar-refractivity contribution < 1.29 is 9.53 Å². The highest BCUT2D eigenvalue weighted by Crippen LogP contribution is 2.28. The summed E-state index contributed by atoms with van der Waals surface area (Å²) in [4.78, 5) is 19.4. The molecule has 2 aromatic heterocycles. The number of morpholine rings is 1. The van der Waals surface area contributed by atoms with Crippen molar-refractivity contribution in [1.82, 2.24) is 19.7 Å². The van der Waals surface area contributed by atoms with Crippen molar-refractivity contribution in [2.45, 2.75) is 19.0 Å². The van der Waals surface area contributed by atoms with Crippen LogP contribution in [0.1, 0.15) is 18.0 Å². The summed E-state index contributed by atoms with van der Waals surface area (Å²) in [5.41, 5.74) is 1.61. The minimum absolute atomic E-state index is 0.0712. The molecule has 0 radical (unpaired) electrons. The molecular formula is C17H22N6O2. The van der Waals surface area contributed by atoms with Gasteiger partial charge in [-0.3, -0.25) is 14.7 Å². The third-order valence-electron chi connectivity index (χ3n) is 4.60. The van der Waals surface area contributed by atoms with Crippen LogP contribution >= 0.6 is 0 Å². The third-order valence-corrected chi connectivity index (χ3v) is 4.60. The fourth-order valence-corrected chi connectivity index (χ4v) is 3.37. The Morgan fingerprint density at radius 1 is 1.28 bits per heavy atom. The zero-order valence-electron chi connectivity index (χ0n) is 14.0. The summed E-state index contributed by atoms with van der Waals surface area (Å²) in [5.74, 6) is 0.810. The van der Waals surface area contributed by atoms with Crippen molar-refractivity contribution in [3.8, 4) is 0 Å². The molecule has 2 aliphatic heterocycles. The molecule has 0 aromatic carbocycles. The van der Waals surface area contributed by atoms with Crippen molar-refractivity contribution in [1.29, 1.82) is 0 Å². The van der Waals surface area contributed by atoms with E-state index in [9.17, 15) is 4.79 Å². The number of amides is 1. The number of hydrogen-bond acceptors (Lipinski definition) is 6. The largest absolute Gasteiger partial charge is 0.379 e. The van der Waals surface area contributed by atoms with Crippen molar-refractivity contribution in [2.24, 2.45) is 0 Å². The van der Waals surface area contributed by atoms with Gasteiger partial charge in [0, 0.05) is 38.6 Å². The number of rotatable bonds is 4. The second kappa shape index (κ2) is 7.20. The molecule has 8 nitrogen and oxygen atoms in total. The Morgan fingerprint density at radius 3 is 2.96 bits per heavy atom. The normalized spacial score (nSPS) is 18.9. The van der Waals surface area contributed by atoms with Gasteiger partial charge >= 0.3 is 0 Å². The van der Waals surface area contributed by atoms with Crippen LogP contribution in [0, 0.1) is 0 Å². The number of hydrogen-bond donors (Lipinski definition) is 2. The summed E-state index contributed by atoms with van der Waals surface area (Å²) >= 11 is 0. The Hall–Kier alpha value is -2.45. The zero-order valence-corrected chi connectivity index (χ0v) is 14.0. The maximum atomic E-state index is 13.1. The van der Waals surface area contributed by atoms with Crippen LogP contribution in [-0.2, 0) is 16.1 Å². The smallest absolute Gasteiger partial charge is 0.246 e. The molecule has 1 saturated heterocycles. The van der Waals surface area contributed by atoms with E-state index in [-0.39, 0.29) is 5.91 Å². The van der Waals surface area contributed by atoms with Gasteiger partial charge in [-0.1, -0.05) is 6.07 Å². The van der Waals surface area contributed by atoms with Crippen LogP contribution in [0.25, 0.3) is 0 Å². The molecule has 1 atom stereocenters. The number of aryl methyl sites for hydroxylation is 1. The topological polar surface area (TPSA) is 84.3 Å². The van der Waals surface area contributed by atoms with E-state index in [4.69, 9.17) is 4.74 Å². The second-order valence-corrected chi connectivity index (χ2v) is 6.24. The minimum Gasteiger partial charge on any atom is -0.379 e. The van der Waals surface area contributed by atoms with Gasteiger partial charge in [-0.05, 0) is 18.1 Å². The second-order valence-electron chi connectivity index (χ2n) is 6.24. The van der Waals surface area contributed by atoms with E-state index < -0.39 is 6.04 Å². The minimum atomic E-state index is -0.392. The van der Waals surface area contributed by atoms with Gasteiger partial charge in [0.2, 0.25) is 5.91 Å². The van der Waals surface area contributed by atoms with Gasteiger partial charge in [0.05, 0.1) is 19.4 Å². The summed E-state index contributed by atoms with van der Waals surface area (Å²) in [6.07, 6.45) is 6.22. The summed E-state index contributed by atoms with van der Waals surface area (Å²) in [5, 5.41) is 10.7. The van der Waals surface area contributed by atoms with Crippen LogP contribution in [-0.4, -0.2) is 58.4 Å². The number of nitrogens with zero attached hydrogens (tertiary/aromatic N) is 4. The lowest BCUT2D eigenvalue weighted by Crippen LogP contribution is -2.44. The van der Waals surface area contributed by atoms with E-state index in [1.165, 1.54) is 0 Å². The predicted octanol–water partition coefficient (Wildman–Crippen LogP) is 1.11. The predicted molar refractivity (Wildman–Crippen MR) is 93.3 cm³/mol. The van der Waals surface area contributed by atoms with Gasteiger partial charge in [0.15, 0.2) is 0 Å². The van der Waals surface area contributed by atoms with E-state index in [1.807, 2.05) is 16.8 Å². The number of carbonyl (C=O) groups excluding carboxylic acids is 1. The van der Waals surface area contributed by atoms with Gasteiger partial charge in [0.25, 0.3) is 0 Å². The number of aromatic nitrogens is 3. The first-order valence-electron chi connectivity index (χ1n) is 8.65. The van der Waals surface area contributed by atoms with Crippen LogP contribution in [0.2, 0.25) is 0 Å². The molecule has 8 heteroatoms. The Morgan fingerprint density at radius 2 is 2.16 bits per heavy atom. The number of pyridine rings is 1. The standard InChI is InChI=1S/C17H22N6O2/c24-17(21-14-12-20-23-6-2-5-19-16(14)23)15(13-3-1-4-18-11-13)22-7-9-25-10-8-22/h1,3-4,11-12,15,19H,2,5-10H2,(H,21,24). The summed E-state index contributed by atoms with van der Waals surface area (Å²) < 4.78 is 7.33. The average Bonchev–Trinajstić information content (AvgIpc) is 3.07. The van der Waals surface area contributed by atoms with E-state index in [0.717, 1.165) is 49.7 Å². The Bertz CT molecular complexity index is 726. The van der Waals surface area contributed by atoms with E-state index in [0.29, 0.717) is 13.2 Å². The SMILES string of the molecule is O=C(Nc1cnn2c1NCCC2)C(c1cccnc1)N1CCOCC1. The van der Waals surface area contributed by atoms with E-state index >= 15 is 0 Å². The number of nitrogens with one attached hydrogen (secondary N) is 2. The molecule has 0 saturated carbocycles. The maximum absolute atomic E-state index is 13.1. The molecule has 1 unspecified atom stereocenters. The van der Waals surface area contributed by atoms with Crippen LogP contribution in [0.5, 0.6) is 0 Å². The monoisotopic (exact) mass is 342 g/mol. The van der Waals surface area contributed by atoms with Crippen LogP contribution < -0.4 is 10.6 Å². The van der Waals surface area contributed by atoms with Gasteiger partial charge in [-0.15, -0.1) is 0 Å². The third kappa shape index (κ3) is 3.35. The van der Waals surface area contributed by atoms with Crippen molar-refractivity contribution in [3.05, 3.63) is 36.3 Å². The Balaban J connectivity index is 1.58. The van der Waals surface area contributed by atoms with Crippen molar-refractivity contribution in [2.75, 3.05) is 43.5 Å². The fourth-order valence-electron chi connectivity index (χ4n) is 3.37. The molecule has 0 bridgehead atoms. The molecule has 0 aliphatic carbocycles. The lowest BCUT2D eigenvalue weighted by Gasteiger charge is -2.33. The summed E-state index contributed by atoms with van der Waals surface area (Å²) in [6.45, 7) is 4.47. The quantitative estimate of drug-likeness (QED) is 0.866. The lowest BCUT2D eigenvalue weighted by molar-refractivity contribution is -0.123. The molecule has 1 amide bonds. The summed E-state index contributed by atoms with van der Waals surface area (Å²) in [6, 6.07) is 3.41. The maximum Gasteiger partial charge on any atom is 0.246 e. The lowest BCUT2D eigenvalue weighted by atomic mass is 10.1. The van der Waals surface area contributed by atoms with Crippen molar-refractivity contribution in [3.63, 3.8) is 0 Å². The molecule has 25 heavy (non-hydrogen) atoms. The first-order chi connectivity index (χ1) is 12.3. The molecule has 2 aliphatic rings. The molecular weight excluding hydrogens is 320 g/mol. The molecule has 4 heterocycles. The van der Waals surface area contributed by atoms with Crippen LogP contribution in [0.4, 0.5) is 11.5 Å². The molecule has 2 aromatic rings. The highest BCUT2D eigenvalue weighted by molar-refractivity contribution is 5.97. The van der Waals surface area contributed by atoms with Crippen LogP contribution in [0.15, 0.2) is 30.7 Å². The highest BCUT2D eigenvalue weighted by atomic mass is 16.5. The van der Waals surface area contributed by atoms with Gasteiger partial charge in [-0.25, -0.2) is 4.68 Å². The van der Waals surface area contributed by atoms with Gasteiger partial charge < -0.3 is 15.4 Å². The zero-order chi connectivity index (χ0) is 17.1. The van der Waals surface area contributed by atoms with Crippen molar-refractivity contribution >= 4 is 17.4 Å². The molecule has 0 spiro atoms. The summed E-state index contributed by atoms with van der Waals surface area (Å²) in [7, 11) is 0. The molecule has 4 rings (SSSR count). The van der Waals surface area contributed by atoms with Gasteiger partial charge in [0.1, 0.15) is 17.5 Å². The first kappa shape index (κ1) is 16.0. The number of carbonyl (C=O) groups is 1. The highest BCUT2D eigenvalue weighted by Gasteiger charge is 2.30. The van der Waals surface area contributed by atoms with Crippen LogP contribution in [0.3, 0.4) is 0 Å². The molecule has 2 N–H and O–H groups in total. The number of fused-ring (bicyclic) bond motifs is 1. The molecule has 132 valence electrons. The average molecular weight is 342 g/mol. The van der Waals surface area contributed by atoms with E-state index in [1.54, 1.807) is 18.6 Å². The molecule has 1 fully saturated rings. The number of anilines is 2. The number of ether oxygens (including phenoxy) is 1. The Kier molecular flexibility index (Phi) is 4.62. The van der Waals surface area contributed by atoms with E-state index in [2.05, 4.69) is 25.6 Å². The Labute approximate surface area is 146 Å². The first-order valence-corrected chi connectivity index (χ1v) is 8.65. The fraction of sp³-hybridized carbons (Fsp3) is 0.471. The van der Waals surface area contributed by atoms with Gasteiger partial charge in [-0.2, -0.15) is 5.10 Å².